The minimum atomic E-state index is -2.21. The van der Waals surface area contributed by atoms with Gasteiger partial charge in [0.2, 0.25) is 0 Å². The van der Waals surface area contributed by atoms with Crippen LogP contribution in [0.5, 0.6) is 5.75 Å². The smallest absolute Gasteiger partial charge is 0.175 e. The van der Waals surface area contributed by atoms with Crippen molar-refractivity contribution in [2.45, 2.75) is 12.2 Å². The first kappa shape index (κ1) is 11.7. The average Bonchev–Trinajstić information content (AvgIpc) is 2.20. The first-order chi connectivity index (χ1) is 7.10. The van der Waals surface area contributed by atoms with Gasteiger partial charge in [0.25, 0.3) is 0 Å². The number of nitriles is 1. The summed E-state index contributed by atoms with van der Waals surface area (Å²) < 4.78 is 24.9. The number of hydrogen-bond acceptors (Lipinski definition) is 3. The Morgan fingerprint density at radius 2 is 2.27 bits per heavy atom. The van der Waals surface area contributed by atoms with Crippen LogP contribution in [-0.4, -0.2) is 15.9 Å². The summed E-state index contributed by atoms with van der Waals surface area (Å²) in [7, 11) is 1.47. The summed E-state index contributed by atoms with van der Waals surface area (Å²) in [6.07, 6.45) is 0. The first-order valence-corrected chi connectivity index (χ1v) is 5.41. The van der Waals surface area contributed by atoms with Crippen molar-refractivity contribution in [1.82, 2.24) is 0 Å². The van der Waals surface area contributed by atoms with E-state index in [2.05, 4.69) is 0 Å². The van der Waals surface area contributed by atoms with Crippen LogP contribution in [0.3, 0.4) is 0 Å². The third-order valence-electron chi connectivity index (χ3n) is 1.99. The van der Waals surface area contributed by atoms with Crippen LogP contribution in [0.1, 0.15) is 16.4 Å². The molecule has 0 bridgehead atoms. The molecule has 4 nitrogen and oxygen atoms in total. The number of ether oxygens (including phenoxy) is 1. The molecule has 0 amide bonds. The van der Waals surface area contributed by atoms with E-state index in [4.69, 9.17) is 14.6 Å². The molecule has 80 valence electrons. The largest absolute Gasteiger partial charge is 0.496 e. The molecule has 0 aliphatic heterocycles. The van der Waals surface area contributed by atoms with Crippen molar-refractivity contribution in [3.63, 3.8) is 0 Å². The predicted molar refractivity (Wildman–Crippen MR) is 56.9 cm³/mol. The summed E-state index contributed by atoms with van der Waals surface area (Å²) in [4.78, 5) is 0. The zero-order valence-electron chi connectivity index (χ0n) is 8.43. The fourth-order valence-electron chi connectivity index (χ4n) is 1.26. The SMILES string of the molecule is COc1cc(C)ccc1C(C#N)S(=O)O. The second-order valence-electron chi connectivity index (χ2n) is 3.03. The van der Waals surface area contributed by atoms with Gasteiger partial charge in [-0.25, -0.2) is 4.21 Å². The standard InChI is InChI=1S/C10H11NO3S/c1-7-3-4-8(9(5-7)14-2)10(6-11)15(12)13/h3-5,10H,1-2H3,(H,12,13). The Morgan fingerprint density at radius 3 is 2.73 bits per heavy atom. The van der Waals surface area contributed by atoms with Crippen LogP contribution in [0.4, 0.5) is 0 Å². The molecule has 0 saturated heterocycles. The predicted octanol–water partition coefficient (Wildman–Crippen LogP) is 1.79. The molecule has 0 fully saturated rings. The molecule has 5 heteroatoms. The molecule has 1 N–H and O–H groups in total. The fourth-order valence-corrected chi connectivity index (χ4v) is 1.76. The van der Waals surface area contributed by atoms with Crippen molar-refractivity contribution in [2.24, 2.45) is 0 Å². The van der Waals surface area contributed by atoms with Gasteiger partial charge in [0, 0.05) is 5.56 Å². The van der Waals surface area contributed by atoms with Crippen LogP contribution in [-0.2, 0) is 11.1 Å². The highest BCUT2D eigenvalue weighted by Crippen LogP contribution is 2.28. The maximum Gasteiger partial charge on any atom is 0.175 e. The molecule has 0 heterocycles. The van der Waals surface area contributed by atoms with Crippen LogP contribution in [0, 0.1) is 18.3 Å². The number of methoxy groups -OCH3 is 1. The van der Waals surface area contributed by atoms with Crippen LogP contribution < -0.4 is 4.74 Å². The van der Waals surface area contributed by atoms with E-state index in [0.717, 1.165) is 5.56 Å². The van der Waals surface area contributed by atoms with Crippen molar-refractivity contribution >= 4 is 11.1 Å². The van der Waals surface area contributed by atoms with Gasteiger partial charge in [0.1, 0.15) is 5.75 Å². The van der Waals surface area contributed by atoms with Gasteiger partial charge in [-0.15, -0.1) is 0 Å². The first-order valence-electron chi connectivity index (χ1n) is 4.24. The molecular weight excluding hydrogens is 214 g/mol. The van der Waals surface area contributed by atoms with Crippen LogP contribution in [0.15, 0.2) is 18.2 Å². The summed E-state index contributed by atoms with van der Waals surface area (Å²) in [5.41, 5.74) is 1.41. The Bertz CT molecular complexity index is 425. The van der Waals surface area contributed by atoms with Crippen molar-refractivity contribution in [3.05, 3.63) is 29.3 Å². The van der Waals surface area contributed by atoms with Crippen molar-refractivity contribution in [2.75, 3.05) is 7.11 Å². The van der Waals surface area contributed by atoms with Crippen molar-refractivity contribution in [1.29, 1.82) is 5.26 Å². The topological polar surface area (TPSA) is 70.3 Å². The minimum Gasteiger partial charge on any atom is -0.496 e. The zero-order chi connectivity index (χ0) is 11.4. The van der Waals surface area contributed by atoms with Gasteiger partial charge in [-0.05, 0) is 18.6 Å². The molecule has 15 heavy (non-hydrogen) atoms. The quantitative estimate of drug-likeness (QED) is 0.796. The molecule has 0 aliphatic carbocycles. The maximum atomic E-state index is 10.9. The monoisotopic (exact) mass is 225 g/mol. The maximum absolute atomic E-state index is 10.9. The Morgan fingerprint density at radius 1 is 1.60 bits per heavy atom. The van der Waals surface area contributed by atoms with E-state index in [-0.39, 0.29) is 0 Å². The molecule has 1 rings (SSSR count). The van der Waals surface area contributed by atoms with Crippen LogP contribution in [0.2, 0.25) is 0 Å². The molecule has 0 spiro atoms. The lowest BCUT2D eigenvalue weighted by atomic mass is 10.1. The minimum absolute atomic E-state index is 0.437. The Hall–Kier alpha value is -1.38. The molecule has 0 aromatic heterocycles. The van der Waals surface area contributed by atoms with E-state index in [1.165, 1.54) is 7.11 Å². The lowest BCUT2D eigenvalue weighted by Crippen LogP contribution is -2.05. The Kier molecular flexibility index (Phi) is 3.83. The van der Waals surface area contributed by atoms with Gasteiger partial charge >= 0.3 is 0 Å². The Labute approximate surface area is 90.8 Å². The molecule has 1 aromatic carbocycles. The molecule has 0 aliphatic rings. The number of aryl methyl sites for hydroxylation is 1. The van der Waals surface area contributed by atoms with Gasteiger partial charge in [-0.3, -0.25) is 0 Å². The van der Waals surface area contributed by atoms with E-state index >= 15 is 0 Å². The molecule has 2 unspecified atom stereocenters. The van der Waals surface area contributed by atoms with Crippen LogP contribution in [0.25, 0.3) is 0 Å². The number of hydrogen-bond donors (Lipinski definition) is 1. The summed E-state index contributed by atoms with van der Waals surface area (Å²) in [5, 5.41) is 7.71. The average molecular weight is 225 g/mol. The van der Waals surface area contributed by atoms with Gasteiger partial charge < -0.3 is 9.29 Å². The van der Waals surface area contributed by atoms with Gasteiger partial charge in [0.05, 0.1) is 13.2 Å². The van der Waals surface area contributed by atoms with E-state index < -0.39 is 16.3 Å². The van der Waals surface area contributed by atoms with Gasteiger partial charge in [-0.2, -0.15) is 5.26 Å². The fraction of sp³-hybridized carbons (Fsp3) is 0.300. The summed E-state index contributed by atoms with van der Waals surface area (Å²) >= 11 is -2.21. The normalized spacial score (nSPS) is 14.0. The van der Waals surface area contributed by atoms with E-state index in [1.807, 2.05) is 6.92 Å². The molecule has 2 atom stereocenters. The number of nitrogens with zero attached hydrogens (tertiary/aromatic N) is 1. The van der Waals surface area contributed by atoms with E-state index in [1.54, 1.807) is 24.3 Å². The molecular formula is C10H11NO3S. The van der Waals surface area contributed by atoms with E-state index in [9.17, 15) is 4.21 Å². The van der Waals surface area contributed by atoms with Crippen LogP contribution >= 0.6 is 0 Å². The molecule has 0 saturated carbocycles. The van der Waals surface area contributed by atoms with Crippen molar-refractivity contribution in [3.8, 4) is 11.8 Å². The zero-order valence-corrected chi connectivity index (χ0v) is 9.25. The van der Waals surface area contributed by atoms with Gasteiger partial charge in [0.15, 0.2) is 16.3 Å². The number of rotatable bonds is 3. The van der Waals surface area contributed by atoms with E-state index in [0.29, 0.717) is 11.3 Å². The summed E-state index contributed by atoms with van der Waals surface area (Å²) in [6.45, 7) is 1.88. The summed E-state index contributed by atoms with van der Waals surface area (Å²) in [5.74, 6) is 0.462. The highest BCUT2D eigenvalue weighted by molar-refractivity contribution is 7.79. The highest BCUT2D eigenvalue weighted by Gasteiger charge is 2.20. The second kappa shape index (κ2) is 4.91. The highest BCUT2D eigenvalue weighted by atomic mass is 32.2. The molecule has 0 radical (unpaired) electrons. The molecule has 1 aromatic rings. The summed E-state index contributed by atoms with van der Waals surface area (Å²) in [6, 6.07) is 6.92. The third kappa shape index (κ3) is 2.55. The lowest BCUT2D eigenvalue weighted by molar-refractivity contribution is 0.409. The second-order valence-corrected chi connectivity index (χ2v) is 4.05. The van der Waals surface area contributed by atoms with Gasteiger partial charge in [-0.1, -0.05) is 12.1 Å². The lowest BCUT2D eigenvalue weighted by Gasteiger charge is -2.11. The van der Waals surface area contributed by atoms with Crippen molar-refractivity contribution < 1.29 is 13.5 Å². The third-order valence-corrected chi connectivity index (χ3v) is 2.75. The Balaban J connectivity index is 3.24. The number of benzene rings is 1.